The zero-order valence-corrected chi connectivity index (χ0v) is 25.4. The van der Waals surface area contributed by atoms with Crippen LogP contribution in [0, 0.1) is 29.1 Å². The lowest BCUT2D eigenvalue weighted by Gasteiger charge is -2.50. The Morgan fingerprint density at radius 1 is 1.05 bits per heavy atom. The Balaban J connectivity index is 1.46. The Kier molecular flexibility index (Phi) is 6.29. The second kappa shape index (κ2) is 9.14. The van der Waals surface area contributed by atoms with Gasteiger partial charge < -0.3 is 25.3 Å². The SMILES string of the molecule is CC(=O)C1=C(O)[C@@H](N(C)C)[C@@H]2C[C@@H]3Cc4c(N(C)C)cc(CN5CC6C(C5)C6(C)C)c(O)c4C(=O)C3=C(O)[C@]2(O)C1=O. The second-order valence-corrected chi connectivity index (χ2v) is 14.0. The number of aromatic hydroxyl groups is 1. The number of hydrogen-bond donors (Lipinski definition) is 4. The van der Waals surface area contributed by atoms with Gasteiger partial charge >= 0.3 is 0 Å². The van der Waals surface area contributed by atoms with E-state index in [0.717, 1.165) is 25.7 Å². The molecular formula is C32H41N3O7. The third kappa shape index (κ3) is 3.70. The number of aliphatic hydroxyl groups excluding tert-OH is 2. The van der Waals surface area contributed by atoms with Crippen molar-refractivity contribution >= 4 is 23.0 Å². The Morgan fingerprint density at radius 3 is 2.21 bits per heavy atom. The summed E-state index contributed by atoms with van der Waals surface area (Å²) in [6.07, 6.45) is 0.390. The lowest BCUT2D eigenvalue weighted by atomic mass is 9.58. The number of phenols is 1. The summed E-state index contributed by atoms with van der Waals surface area (Å²) in [5, 5.41) is 46.1. The van der Waals surface area contributed by atoms with Crippen LogP contribution in [0.15, 0.2) is 28.7 Å². The molecule has 1 heterocycles. The van der Waals surface area contributed by atoms with Crippen LogP contribution in [0.1, 0.15) is 48.7 Å². The van der Waals surface area contributed by atoms with Crippen molar-refractivity contribution in [3.05, 3.63) is 45.4 Å². The molecule has 1 aromatic carbocycles. The first-order chi connectivity index (χ1) is 19.5. The van der Waals surface area contributed by atoms with Crippen LogP contribution in [0.3, 0.4) is 0 Å². The monoisotopic (exact) mass is 579 g/mol. The molecular weight excluding hydrogens is 538 g/mol. The molecule has 0 bridgehead atoms. The maximum Gasteiger partial charge on any atom is 0.209 e. The number of phenolic OH excluding ortho intramolecular Hbond substituents is 1. The van der Waals surface area contributed by atoms with Crippen LogP contribution in [0.4, 0.5) is 5.69 Å². The Bertz CT molecular complexity index is 1490. The first-order valence-corrected chi connectivity index (χ1v) is 14.7. The van der Waals surface area contributed by atoms with Gasteiger partial charge in [0, 0.05) is 56.5 Å². The van der Waals surface area contributed by atoms with E-state index >= 15 is 0 Å². The molecule has 10 heteroatoms. The molecule has 1 saturated carbocycles. The van der Waals surface area contributed by atoms with Crippen molar-refractivity contribution in [3.8, 4) is 5.75 Å². The van der Waals surface area contributed by atoms with Gasteiger partial charge in [0.15, 0.2) is 17.2 Å². The van der Waals surface area contributed by atoms with E-state index in [2.05, 4.69) is 18.7 Å². The average molecular weight is 580 g/mol. The number of allylic oxidation sites excluding steroid dienone is 1. The number of hydrogen-bond acceptors (Lipinski definition) is 10. The van der Waals surface area contributed by atoms with E-state index < -0.39 is 57.9 Å². The molecule has 4 N–H and O–H groups in total. The average Bonchev–Trinajstić information content (AvgIpc) is 3.19. The van der Waals surface area contributed by atoms with E-state index in [9.17, 15) is 34.8 Å². The maximum atomic E-state index is 14.2. The van der Waals surface area contributed by atoms with Gasteiger partial charge in [-0.1, -0.05) is 13.8 Å². The highest BCUT2D eigenvalue weighted by molar-refractivity contribution is 6.25. The quantitative estimate of drug-likeness (QED) is 0.384. The Morgan fingerprint density at radius 2 is 1.67 bits per heavy atom. The number of likely N-dealkylation sites (tertiary alicyclic amines) is 1. The van der Waals surface area contributed by atoms with Crippen LogP contribution in [0.25, 0.3) is 0 Å². The largest absolute Gasteiger partial charge is 0.510 e. The number of nitrogens with zero attached hydrogens (tertiary/aromatic N) is 3. The summed E-state index contributed by atoms with van der Waals surface area (Å²) < 4.78 is 0. The van der Waals surface area contributed by atoms with Crippen LogP contribution in [0.5, 0.6) is 5.75 Å². The summed E-state index contributed by atoms with van der Waals surface area (Å²) in [5.41, 5.74) is -0.777. The molecule has 6 atom stereocenters. The van der Waals surface area contributed by atoms with Gasteiger partial charge in [0.1, 0.15) is 22.8 Å². The van der Waals surface area contributed by atoms with Crippen molar-refractivity contribution in [3.63, 3.8) is 0 Å². The van der Waals surface area contributed by atoms with Crippen molar-refractivity contribution < 1.29 is 34.8 Å². The topological polar surface area (TPSA) is 142 Å². The first-order valence-electron chi connectivity index (χ1n) is 14.7. The van der Waals surface area contributed by atoms with Crippen LogP contribution in [-0.2, 0) is 22.6 Å². The molecule has 226 valence electrons. The van der Waals surface area contributed by atoms with Gasteiger partial charge in [-0.15, -0.1) is 0 Å². The van der Waals surface area contributed by atoms with Crippen LogP contribution >= 0.6 is 0 Å². The van der Waals surface area contributed by atoms with E-state index in [1.165, 1.54) is 0 Å². The number of benzene rings is 1. The number of carbonyl (C=O) groups is 3. The molecule has 2 unspecified atom stereocenters. The number of ketones is 3. The number of aliphatic hydroxyl groups is 3. The minimum atomic E-state index is -2.57. The smallest absolute Gasteiger partial charge is 0.209 e. The summed E-state index contributed by atoms with van der Waals surface area (Å²) in [4.78, 5) is 46.1. The van der Waals surface area contributed by atoms with Crippen molar-refractivity contribution in [2.24, 2.45) is 29.1 Å². The molecule has 1 saturated heterocycles. The molecule has 1 aromatic rings. The predicted molar refractivity (Wildman–Crippen MR) is 156 cm³/mol. The van der Waals surface area contributed by atoms with Crippen LogP contribution < -0.4 is 4.90 Å². The summed E-state index contributed by atoms with van der Waals surface area (Å²) in [7, 11) is 7.07. The Hall–Kier alpha value is -3.21. The zero-order valence-electron chi connectivity index (χ0n) is 25.4. The minimum Gasteiger partial charge on any atom is -0.510 e. The lowest BCUT2D eigenvalue weighted by molar-refractivity contribution is -0.148. The highest BCUT2D eigenvalue weighted by atomic mass is 16.3. The van der Waals surface area contributed by atoms with Crippen molar-refractivity contribution in [1.82, 2.24) is 9.80 Å². The van der Waals surface area contributed by atoms with Crippen molar-refractivity contribution in [2.45, 2.75) is 51.8 Å². The standard InChI is InChI=1S/C32H41N3O7/c1-14(36)22-28(39)25(34(6)7)18-9-15-8-17-21(33(4)5)10-16(11-35-12-19-20(13-35)31(19,2)3)26(37)24(17)27(38)23(15)30(41)32(18,42)29(22)40/h10,15,18-20,25,37,39,41-42H,8-9,11-13H2,1-7H3/t15-,18-,19?,20?,25-,32+/m0/s1. The molecule has 42 heavy (non-hydrogen) atoms. The fourth-order valence-electron chi connectivity index (χ4n) is 8.56. The Labute approximate surface area is 245 Å². The summed E-state index contributed by atoms with van der Waals surface area (Å²) in [5.74, 6) is -4.19. The highest BCUT2D eigenvalue weighted by Crippen LogP contribution is 2.62. The van der Waals surface area contributed by atoms with Gasteiger partial charge in [-0.05, 0) is 68.7 Å². The van der Waals surface area contributed by atoms with Gasteiger partial charge in [-0.3, -0.25) is 24.2 Å². The van der Waals surface area contributed by atoms with E-state index in [1.54, 1.807) is 19.0 Å². The zero-order chi connectivity index (χ0) is 30.8. The first kappa shape index (κ1) is 28.9. The van der Waals surface area contributed by atoms with Gasteiger partial charge in [0.05, 0.1) is 11.6 Å². The second-order valence-electron chi connectivity index (χ2n) is 14.0. The molecule has 0 amide bonds. The summed E-state index contributed by atoms with van der Waals surface area (Å²) >= 11 is 0. The number of rotatable bonds is 5. The maximum absolute atomic E-state index is 14.2. The minimum absolute atomic E-state index is 0.0818. The highest BCUT2D eigenvalue weighted by Gasteiger charge is 2.64. The van der Waals surface area contributed by atoms with Gasteiger partial charge in [0.2, 0.25) is 5.78 Å². The molecule has 2 fully saturated rings. The summed E-state index contributed by atoms with van der Waals surface area (Å²) in [6, 6.07) is 0.998. The van der Waals surface area contributed by atoms with Crippen LogP contribution in [0.2, 0.25) is 0 Å². The summed E-state index contributed by atoms with van der Waals surface area (Å²) in [6.45, 7) is 8.02. The van der Waals surface area contributed by atoms with Gasteiger partial charge in [-0.25, -0.2) is 0 Å². The van der Waals surface area contributed by atoms with E-state index in [-0.39, 0.29) is 29.7 Å². The van der Waals surface area contributed by atoms with E-state index in [1.807, 2.05) is 25.1 Å². The predicted octanol–water partition coefficient (Wildman–Crippen LogP) is 2.38. The molecule has 10 nitrogen and oxygen atoms in total. The lowest BCUT2D eigenvalue weighted by Crippen LogP contribution is -2.63. The normalized spacial score (nSPS) is 33.4. The number of anilines is 1. The third-order valence-corrected chi connectivity index (χ3v) is 11.0. The molecule has 1 aliphatic heterocycles. The number of Topliss-reactive ketones (excluding diaryl/α,β-unsaturated/α-hetero) is 3. The van der Waals surface area contributed by atoms with Crippen LogP contribution in [-0.4, -0.2) is 100 Å². The molecule has 0 aromatic heterocycles. The fourth-order valence-corrected chi connectivity index (χ4v) is 8.56. The van der Waals surface area contributed by atoms with E-state index in [0.29, 0.717) is 34.9 Å². The molecule has 5 aliphatic rings. The number of likely N-dealkylation sites (N-methyl/N-ethyl adjacent to an activating group) is 1. The molecule has 0 radical (unpaired) electrons. The fraction of sp³-hybridized carbons (Fsp3) is 0.594. The van der Waals surface area contributed by atoms with E-state index in [4.69, 9.17) is 0 Å². The number of carbonyl (C=O) groups excluding carboxylic acids is 3. The van der Waals surface area contributed by atoms with Crippen molar-refractivity contribution in [2.75, 3.05) is 46.2 Å². The number of fused-ring (bicyclic) bond motifs is 4. The molecule has 0 spiro atoms. The van der Waals surface area contributed by atoms with Crippen molar-refractivity contribution in [1.29, 1.82) is 0 Å². The van der Waals surface area contributed by atoms with Gasteiger partial charge in [0.25, 0.3) is 0 Å². The van der Waals surface area contributed by atoms with Gasteiger partial charge in [-0.2, -0.15) is 0 Å². The number of piperidine rings is 1. The molecule has 4 aliphatic carbocycles. The third-order valence-electron chi connectivity index (χ3n) is 11.0. The molecule has 6 rings (SSSR count).